The first-order chi connectivity index (χ1) is 9.56. The molecule has 0 saturated carbocycles. The minimum Gasteiger partial charge on any atom is -0.354 e. The summed E-state index contributed by atoms with van der Waals surface area (Å²) < 4.78 is 1.63. The molecule has 3 N–H and O–H groups in total. The van der Waals surface area contributed by atoms with Gasteiger partial charge in [0.2, 0.25) is 5.91 Å². The summed E-state index contributed by atoms with van der Waals surface area (Å²) in [5, 5.41) is 6.87. The predicted octanol–water partition coefficient (Wildman–Crippen LogP) is 1.09. The van der Waals surface area contributed by atoms with Gasteiger partial charge < -0.3 is 11.1 Å². The predicted molar refractivity (Wildman–Crippen MR) is 78.0 cm³/mol. The van der Waals surface area contributed by atoms with Crippen molar-refractivity contribution in [3.05, 3.63) is 53.3 Å². The Morgan fingerprint density at radius 3 is 2.95 bits per heavy atom. The van der Waals surface area contributed by atoms with Gasteiger partial charge in [-0.1, -0.05) is 29.8 Å². The number of nitrogens with one attached hydrogen (secondary N) is 1. The molecule has 0 aliphatic rings. The molecule has 106 valence electrons. The fraction of sp³-hybridized carbons (Fsp3) is 0.333. The molecule has 0 radical (unpaired) electrons. The van der Waals surface area contributed by atoms with E-state index in [-0.39, 0.29) is 5.91 Å². The SMILES string of the molecule is Cc1cccc(CCNC(=O)C(N)c2cnn(C)c2)c1. The van der Waals surface area contributed by atoms with Crippen LogP contribution >= 0.6 is 0 Å². The van der Waals surface area contributed by atoms with E-state index in [0.29, 0.717) is 6.54 Å². The average molecular weight is 272 g/mol. The largest absolute Gasteiger partial charge is 0.354 e. The topological polar surface area (TPSA) is 72.9 Å². The van der Waals surface area contributed by atoms with Crippen molar-refractivity contribution in [2.45, 2.75) is 19.4 Å². The zero-order valence-electron chi connectivity index (χ0n) is 11.8. The standard InChI is InChI=1S/C15H20N4O/c1-11-4-3-5-12(8-11)6-7-17-15(20)14(16)13-9-18-19(2)10-13/h3-5,8-10,14H,6-7,16H2,1-2H3,(H,17,20). The van der Waals surface area contributed by atoms with Crippen LogP contribution in [0.5, 0.6) is 0 Å². The number of nitrogens with two attached hydrogens (primary N) is 1. The van der Waals surface area contributed by atoms with Crippen LogP contribution in [0.25, 0.3) is 0 Å². The maximum absolute atomic E-state index is 11.9. The van der Waals surface area contributed by atoms with Crippen molar-refractivity contribution in [2.24, 2.45) is 12.8 Å². The second-order valence-electron chi connectivity index (χ2n) is 4.96. The molecule has 1 unspecified atom stereocenters. The number of aromatic nitrogens is 2. The molecule has 0 saturated heterocycles. The lowest BCUT2D eigenvalue weighted by molar-refractivity contribution is -0.122. The third-order valence-electron chi connectivity index (χ3n) is 3.16. The van der Waals surface area contributed by atoms with Crippen LogP contribution in [0.3, 0.4) is 0 Å². The zero-order valence-corrected chi connectivity index (χ0v) is 11.8. The first-order valence-electron chi connectivity index (χ1n) is 6.63. The Kier molecular flexibility index (Phi) is 4.53. The molecule has 5 nitrogen and oxygen atoms in total. The van der Waals surface area contributed by atoms with Crippen molar-refractivity contribution in [1.82, 2.24) is 15.1 Å². The third kappa shape index (κ3) is 3.68. The van der Waals surface area contributed by atoms with Gasteiger partial charge in [0, 0.05) is 25.4 Å². The molecular weight excluding hydrogens is 252 g/mol. The number of benzene rings is 1. The molecule has 1 amide bonds. The van der Waals surface area contributed by atoms with E-state index in [9.17, 15) is 4.79 Å². The van der Waals surface area contributed by atoms with Gasteiger partial charge in [0.1, 0.15) is 6.04 Å². The zero-order chi connectivity index (χ0) is 14.5. The Morgan fingerprint density at radius 2 is 2.30 bits per heavy atom. The fourth-order valence-electron chi connectivity index (χ4n) is 2.06. The number of amides is 1. The smallest absolute Gasteiger partial charge is 0.241 e. The first kappa shape index (κ1) is 14.3. The summed E-state index contributed by atoms with van der Waals surface area (Å²) in [6.07, 6.45) is 4.17. The van der Waals surface area contributed by atoms with E-state index in [4.69, 9.17) is 5.73 Å². The number of rotatable bonds is 5. The summed E-state index contributed by atoms with van der Waals surface area (Å²) in [5.41, 5.74) is 9.04. The van der Waals surface area contributed by atoms with Gasteiger partial charge in [0.15, 0.2) is 0 Å². The van der Waals surface area contributed by atoms with Gasteiger partial charge in [-0.3, -0.25) is 9.48 Å². The lowest BCUT2D eigenvalue weighted by atomic mass is 10.1. The summed E-state index contributed by atoms with van der Waals surface area (Å²) in [5.74, 6) is -0.175. The van der Waals surface area contributed by atoms with Gasteiger partial charge in [0.25, 0.3) is 0 Å². The Balaban J connectivity index is 1.83. The molecule has 0 fully saturated rings. The molecule has 0 bridgehead atoms. The highest BCUT2D eigenvalue weighted by molar-refractivity contribution is 5.82. The van der Waals surface area contributed by atoms with Gasteiger partial charge in [-0.2, -0.15) is 5.10 Å². The van der Waals surface area contributed by atoms with Crippen LogP contribution in [0, 0.1) is 6.92 Å². The molecule has 1 aromatic carbocycles. The number of hydrogen-bond donors (Lipinski definition) is 2. The quantitative estimate of drug-likeness (QED) is 0.855. The fourth-order valence-corrected chi connectivity index (χ4v) is 2.06. The van der Waals surface area contributed by atoms with Crippen LogP contribution in [-0.2, 0) is 18.3 Å². The monoisotopic (exact) mass is 272 g/mol. The van der Waals surface area contributed by atoms with Crippen LogP contribution in [0.4, 0.5) is 0 Å². The number of hydrogen-bond acceptors (Lipinski definition) is 3. The van der Waals surface area contributed by atoms with Gasteiger partial charge in [-0.05, 0) is 18.9 Å². The Hall–Kier alpha value is -2.14. The van der Waals surface area contributed by atoms with E-state index in [1.54, 1.807) is 24.1 Å². The normalized spacial score (nSPS) is 12.2. The molecule has 1 aromatic heterocycles. The van der Waals surface area contributed by atoms with Gasteiger partial charge >= 0.3 is 0 Å². The molecule has 0 spiro atoms. The van der Waals surface area contributed by atoms with Crippen molar-refractivity contribution < 1.29 is 4.79 Å². The average Bonchev–Trinajstić information content (AvgIpc) is 2.84. The van der Waals surface area contributed by atoms with Crippen molar-refractivity contribution >= 4 is 5.91 Å². The molecule has 1 heterocycles. The number of carbonyl (C=O) groups excluding carboxylic acids is 1. The van der Waals surface area contributed by atoms with Crippen molar-refractivity contribution in [3.63, 3.8) is 0 Å². The molecule has 2 aromatic rings. The second-order valence-corrected chi connectivity index (χ2v) is 4.96. The number of nitrogens with zero attached hydrogens (tertiary/aromatic N) is 2. The lowest BCUT2D eigenvalue weighted by Gasteiger charge is -2.10. The van der Waals surface area contributed by atoms with E-state index >= 15 is 0 Å². The van der Waals surface area contributed by atoms with Crippen LogP contribution in [0.2, 0.25) is 0 Å². The minimum atomic E-state index is -0.666. The highest BCUT2D eigenvalue weighted by Gasteiger charge is 2.16. The van der Waals surface area contributed by atoms with Gasteiger partial charge in [-0.15, -0.1) is 0 Å². The van der Waals surface area contributed by atoms with Crippen LogP contribution in [0.15, 0.2) is 36.7 Å². The molecule has 0 aliphatic heterocycles. The van der Waals surface area contributed by atoms with Crippen molar-refractivity contribution in [3.8, 4) is 0 Å². The highest BCUT2D eigenvalue weighted by atomic mass is 16.2. The van der Waals surface area contributed by atoms with Crippen molar-refractivity contribution in [1.29, 1.82) is 0 Å². The molecule has 5 heteroatoms. The molecule has 2 rings (SSSR count). The van der Waals surface area contributed by atoms with E-state index in [2.05, 4.69) is 35.5 Å². The molecule has 0 aliphatic carbocycles. The third-order valence-corrected chi connectivity index (χ3v) is 3.16. The minimum absolute atomic E-state index is 0.175. The van der Waals surface area contributed by atoms with Crippen LogP contribution in [0.1, 0.15) is 22.7 Å². The number of carbonyl (C=O) groups is 1. The van der Waals surface area contributed by atoms with Crippen LogP contribution < -0.4 is 11.1 Å². The number of aryl methyl sites for hydroxylation is 2. The van der Waals surface area contributed by atoms with Gasteiger partial charge in [-0.25, -0.2) is 0 Å². The summed E-state index contributed by atoms with van der Waals surface area (Å²) in [6.45, 7) is 2.64. The second kappa shape index (κ2) is 6.34. The summed E-state index contributed by atoms with van der Waals surface area (Å²) in [6, 6.07) is 7.59. The molecule has 1 atom stereocenters. The van der Waals surface area contributed by atoms with Crippen LogP contribution in [-0.4, -0.2) is 22.2 Å². The van der Waals surface area contributed by atoms with E-state index in [1.165, 1.54) is 11.1 Å². The maximum Gasteiger partial charge on any atom is 0.241 e. The molecule has 20 heavy (non-hydrogen) atoms. The maximum atomic E-state index is 11.9. The van der Waals surface area contributed by atoms with E-state index in [1.807, 2.05) is 6.07 Å². The Labute approximate surface area is 118 Å². The van der Waals surface area contributed by atoms with Crippen molar-refractivity contribution in [2.75, 3.05) is 6.54 Å². The van der Waals surface area contributed by atoms with E-state index in [0.717, 1.165) is 12.0 Å². The summed E-state index contributed by atoms with van der Waals surface area (Å²) >= 11 is 0. The van der Waals surface area contributed by atoms with E-state index < -0.39 is 6.04 Å². The summed E-state index contributed by atoms with van der Waals surface area (Å²) in [7, 11) is 1.80. The highest BCUT2D eigenvalue weighted by Crippen LogP contribution is 2.08. The molecular formula is C15H20N4O. The summed E-state index contributed by atoms with van der Waals surface area (Å²) in [4.78, 5) is 11.9. The Bertz CT molecular complexity index is 591. The lowest BCUT2D eigenvalue weighted by Crippen LogP contribution is -2.35. The first-order valence-corrected chi connectivity index (χ1v) is 6.63. The Morgan fingerprint density at radius 1 is 1.50 bits per heavy atom. The van der Waals surface area contributed by atoms with Gasteiger partial charge in [0.05, 0.1) is 6.20 Å².